The highest BCUT2D eigenvalue weighted by Crippen LogP contribution is 2.21. The van der Waals surface area contributed by atoms with Gasteiger partial charge in [-0.15, -0.1) is 0 Å². The van der Waals surface area contributed by atoms with Crippen LogP contribution in [-0.2, 0) is 6.54 Å². The molecular formula is C11H8BrClN4O2. The van der Waals surface area contributed by atoms with Gasteiger partial charge in [0.2, 0.25) is 5.28 Å². The molecule has 0 spiro atoms. The summed E-state index contributed by atoms with van der Waals surface area (Å²) in [5.74, 6) is 0.534. The van der Waals surface area contributed by atoms with Crippen LogP contribution in [0.1, 0.15) is 5.56 Å². The zero-order valence-electron chi connectivity index (χ0n) is 9.51. The van der Waals surface area contributed by atoms with Gasteiger partial charge in [-0.25, -0.2) is 4.98 Å². The van der Waals surface area contributed by atoms with E-state index in [0.29, 0.717) is 16.8 Å². The van der Waals surface area contributed by atoms with Crippen molar-refractivity contribution in [3.8, 4) is 0 Å². The number of anilines is 1. The molecule has 0 radical (unpaired) electrons. The van der Waals surface area contributed by atoms with E-state index in [1.807, 2.05) is 0 Å². The Hall–Kier alpha value is -1.73. The van der Waals surface area contributed by atoms with Crippen molar-refractivity contribution in [1.29, 1.82) is 0 Å². The number of aromatic nitrogens is 2. The summed E-state index contributed by atoms with van der Waals surface area (Å²) in [4.78, 5) is 18.1. The summed E-state index contributed by atoms with van der Waals surface area (Å²) in [6.07, 6.45) is 1.53. The van der Waals surface area contributed by atoms with Gasteiger partial charge in [-0.05, 0) is 33.1 Å². The molecule has 0 bridgehead atoms. The average Bonchev–Trinajstić information content (AvgIpc) is 2.40. The lowest BCUT2D eigenvalue weighted by Gasteiger charge is -2.07. The summed E-state index contributed by atoms with van der Waals surface area (Å²) < 4.78 is 0.669. The molecule has 0 fully saturated rings. The minimum Gasteiger partial charge on any atom is -0.365 e. The topological polar surface area (TPSA) is 81.0 Å². The van der Waals surface area contributed by atoms with Crippen LogP contribution < -0.4 is 5.32 Å². The number of non-ortho nitro benzene ring substituents is 1. The molecule has 1 aromatic heterocycles. The molecule has 2 rings (SSSR count). The Balaban J connectivity index is 2.12. The van der Waals surface area contributed by atoms with E-state index in [-0.39, 0.29) is 11.0 Å². The van der Waals surface area contributed by atoms with Crippen molar-refractivity contribution in [2.45, 2.75) is 6.54 Å². The Morgan fingerprint density at radius 2 is 2.26 bits per heavy atom. The first-order chi connectivity index (χ1) is 9.06. The molecule has 0 aliphatic heterocycles. The maximum absolute atomic E-state index is 10.7. The second-order valence-electron chi connectivity index (χ2n) is 3.62. The summed E-state index contributed by atoms with van der Waals surface area (Å²) >= 11 is 8.98. The summed E-state index contributed by atoms with van der Waals surface area (Å²) in [5, 5.41) is 13.8. The zero-order chi connectivity index (χ0) is 13.8. The van der Waals surface area contributed by atoms with Gasteiger partial charge in [-0.3, -0.25) is 10.1 Å². The van der Waals surface area contributed by atoms with Crippen LogP contribution in [0.15, 0.2) is 34.9 Å². The quantitative estimate of drug-likeness (QED) is 0.522. The first-order valence-electron chi connectivity index (χ1n) is 5.21. The lowest BCUT2D eigenvalue weighted by atomic mass is 10.2. The molecule has 0 aliphatic rings. The predicted octanol–water partition coefficient (Wildman–Crippen LogP) is 3.41. The van der Waals surface area contributed by atoms with E-state index >= 15 is 0 Å². The van der Waals surface area contributed by atoms with Crippen molar-refractivity contribution in [3.63, 3.8) is 0 Å². The maximum Gasteiger partial charge on any atom is 0.269 e. The van der Waals surface area contributed by atoms with Crippen LogP contribution in [0.2, 0.25) is 5.28 Å². The third kappa shape index (κ3) is 3.62. The highest BCUT2D eigenvalue weighted by atomic mass is 79.9. The molecule has 0 aliphatic carbocycles. The molecule has 0 saturated carbocycles. The summed E-state index contributed by atoms with van der Waals surface area (Å²) in [7, 11) is 0. The molecule has 2 aromatic rings. The minimum absolute atomic E-state index is 0.0547. The van der Waals surface area contributed by atoms with E-state index in [0.717, 1.165) is 5.56 Å². The molecule has 1 N–H and O–H groups in total. The highest BCUT2D eigenvalue weighted by molar-refractivity contribution is 9.10. The smallest absolute Gasteiger partial charge is 0.269 e. The first-order valence-corrected chi connectivity index (χ1v) is 6.38. The lowest BCUT2D eigenvalue weighted by molar-refractivity contribution is -0.384. The van der Waals surface area contributed by atoms with Crippen LogP contribution in [0.3, 0.4) is 0 Å². The van der Waals surface area contributed by atoms with Crippen LogP contribution in [0.4, 0.5) is 11.5 Å². The number of nitro groups is 1. The standard InChI is InChI=1S/C11H8BrClN4O2/c12-9-6-15-11(13)16-10(9)14-5-7-2-1-3-8(4-7)17(18)19/h1-4,6H,5H2,(H,14,15,16). The number of hydrogen-bond donors (Lipinski definition) is 1. The average molecular weight is 344 g/mol. The van der Waals surface area contributed by atoms with Gasteiger partial charge in [-0.2, -0.15) is 4.98 Å². The van der Waals surface area contributed by atoms with Crippen LogP contribution in [0.5, 0.6) is 0 Å². The van der Waals surface area contributed by atoms with E-state index in [4.69, 9.17) is 11.6 Å². The van der Waals surface area contributed by atoms with E-state index in [2.05, 4.69) is 31.2 Å². The van der Waals surface area contributed by atoms with Crippen LogP contribution in [0, 0.1) is 10.1 Å². The number of nitro benzene ring substituents is 1. The SMILES string of the molecule is O=[N+]([O-])c1cccc(CNc2nc(Cl)ncc2Br)c1. The largest absolute Gasteiger partial charge is 0.365 e. The third-order valence-electron chi connectivity index (χ3n) is 2.30. The number of rotatable bonds is 4. The summed E-state index contributed by atoms with van der Waals surface area (Å²) in [6, 6.07) is 6.37. The van der Waals surface area contributed by atoms with Crippen molar-refractivity contribution >= 4 is 39.0 Å². The van der Waals surface area contributed by atoms with Crippen molar-refractivity contribution in [2.75, 3.05) is 5.32 Å². The Morgan fingerprint density at radius 3 is 3.00 bits per heavy atom. The fraction of sp³-hybridized carbons (Fsp3) is 0.0909. The monoisotopic (exact) mass is 342 g/mol. The zero-order valence-corrected chi connectivity index (χ0v) is 11.8. The van der Waals surface area contributed by atoms with Gasteiger partial charge < -0.3 is 5.32 Å². The summed E-state index contributed by atoms with van der Waals surface area (Å²) in [5.41, 5.74) is 0.829. The van der Waals surface area contributed by atoms with Gasteiger partial charge in [0.15, 0.2) is 0 Å². The van der Waals surface area contributed by atoms with Crippen molar-refractivity contribution in [1.82, 2.24) is 9.97 Å². The minimum atomic E-state index is -0.430. The molecule has 0 saturated heterocycles. The summed E-state index contributed by atoms with van der Waals surface area (Å²) in [6.45, 7) is 0.396. The van der Waals surface area contributed by atoms with E-state index < -0.39 is 4.92 Å². The normalized spacial score (nSPS) is 10.2. The van der Waals surface area contributed by atoms with Gasteiger partial charge in [0.05, 0.1) is 9.40 Å². The van der Waals surface area contributed by atoms with E-state index in [1.54, 1.807) is 12.1 Å². The molecular weight excluding hydrogens is 336 g/mol. The Labute approximate surface area is 122 Å². The van der Waals surface area contributed by atoms with Gasteiger partial charge in [0, 0.05) is 24.9 Å². The third-order valence-corrected chi connectivity index (χ3v) is 3.06. The number of nitrogens with zero attached hydrogens (tertiary/aromatic N) is 3. The Morgan fingerprint density at radius 1 is 1.47 bits per heavy atom. The van der Waals surface area contributed by atoms with Crippen LogP contribution in [0.25, 0.3) is 0 Å². The highest BCUT2D eigenvalue weighted by Gasteiger charge is 2.07. The lowest BCUT2D eigenvalue weighted by Crippen LogP contribution is -2.03. The van der Waals surface area contributed by atoms with E-state index in [9.17, 15) is 10.1 Å². The predicted molar refractivity (Wildman–Crippen MR) is 75.2 cm³/mol. The number of halogens is 2. The second-order valence-corrected chi connectivity index (χ2v) is 4.81. The Bertz CT molecular complexity index is 623. The van der Waals surface area contributed by atoms with Gasteiger partial charge in [0.25, 0.3) is 5.69 Å². The molecule has 0 unspecified atom stereocenters. The molecule has 0 amide bonds. The fourth-order valence-corrected chi connectivity index (χ4v) is 1.90. The van der Waals surface area contributed by atoms with Gasteiger partial charge in [-0.1, -0.05) is 12.1 Å². The van der Waals surface area contributed by atoms with Crippen molar-refractivity contribution in [3.05, 3.63) is 55.9 Å². The fourth-order valence-electron chi connectivity index (χ4n) is 1.44. The van der Waals surface area contributed by atoms with Crippen molar-refractivity contribution in [2.24, 2.45) is 0 Å². The van der Waals surface area contributed by atoms with Crippen molar-refractivity contribution < 1.29 is 4.92 Å². The first kappa shape index (κ1) is 13.7. The van der Waals surface area contributed by atoms with Crippen LogP contribution >= 0.6 is 27.5 Å². The molecule has 0 atom stereocenters. The second kappa shape index (κ2) is 5.94. The number of nitrogens with one attached hydrogen (secondary N) is 1. The van der Waals surface area contributed by atoms with E-state index in [1.165, 1.54) is 18.3 Å². The Kier molecular flexibility index (Phi) is 4.28. The van der Waals surface area contributed by atoms with Gasteiger partial charge >= 0.3 is 0 Å². The molecule has 19 heavy (non-hydrogen) atoms. The molecule has 98 valence electrons. The molecule has 1 heterocycles. The van der Waals surface area contributed by atoms with Gasteiger partial charge in [0.1, 0.15) is 5.82 Å². The molecule has 1 aromatic carbocycles. The number of hydrogen-bond acceptors (Lipinski definition) is 5. The molecule has 8 heteroatoms. The molecule has 6 nitrogen and oxygen atoms in total. The maximum atomic E-state index is 10.7. The number of benzene rings is 1. The van der Waals surface area contributed by atoms with Crippen LogP contribution in [-0.4, -0.2) is 14.9 Å².